The average molecular weight is 233 g/mol. The van der Waals surface area contributed by atoms with E-state index in [1.54, 1.807) is 12.1 Å². The Labute approximate surface area is 103 Å². The molecular formula is C14H19NO2. The Kier molecular flexibility index (Phi) is 4.44. The van der Waals surface area contributed by atoms with Crippen LogP contribution in [0.2, 0.25) is 0 Å². The van der Waals surface area contributed by atoms with Crippen LogP contribution in [-0.4, -0.2) is 17.4 Å². The van der Waals surface area contributed by atoms with E-state index in [1.807, 2.05) is 45.9 Å². The summed E-state index contributed by atoms with van der Waals surface area (Å²) in [5, 5.41) is 0. The molecule has 0 fully saturated rings. The molecule has 92 valence electrons. The number of carbonyl (C=O) groups is 1. The van der Waals surface area contributed by atoms with Gasteiger partial charge < -0.3 is 4.74 Å². The molecule has 0 saturated heterocycles. The highest BCUT2D eigenvalue weighted by Crippen LogP contribution is 2.10. The molecule has 1 rings (SSSR count). The summed E-state index contributed by atoms with van der Waals surface area (Å²) in [6.07, 6.45) is 0.607. The summed E-state index contributed by atoms with van der Waals surface area (Å²) in [5.41, 5.74) is 0.252. The van der Waals surface area contributed by atoms with Crippen molar-refractivity contribution in [1.82, 2.24) is 0 Å². The van der Waals surface area contributed by atoms with E-state index in [0.29, 0.717) is 17.9 Å². The molecule has 3 nitrogen and oxygen atoms in total. The maximum atomic E-state index is 11.8. The van der Waals surface area contributed by atoms with E-state index >= 15 is 0 Å². The summed E-state index contributed by atoms with van der Waals surface area (Å²) in [7, 11) is 0. The zero-order valence-electron chi connectivity index (χ0n) is 10.9. The summed E-state index contributed by atoms with van der Waals surface area (Å²) >= 11 is 0. The zero-order chi connectivity index (χ0) is 12.9. The number of benzene rings is 1. The largest absolute Gasteiger partial charge is 0.475 e. The van der Waals surface area contributed by atoms with Crippen molar-refractivity contribution >= 4 is 11.8 Å². The predicted molar refractivity (Wildman–Crippen MR) is 69.3 cm³/mol. The standard InChI is InChI=1S/C14H19NO2/c1-5-12(17-14(2,3)4)15-13(16)11-9-7-6-8-10-11/h6-10H,5H2,1-4H3. The van der Waals surface area contributed by atoms with Gasteiger partial charge in [0.25, 0.3) is 5.91 Å². The second kappa shape index (κ2) is 5.62. The van der Waals surface area contributed by atoms with Crippen molar-refractivity contribution in [3.8, 4) is 0 Å². The molecule has 0 aromatic heterocycles. The quantitative estimate of drug-likeness (QED) is 0.579. The molecular weight excluding hydrogens is 214 g/mol. The highest BCUT2D eigenvalue weighted by molar-refractivity contribution is 6.01. The molecule has 17 heavy (non-hydrogen) atoms. The van der Waals surface area contributed by atoms with Crippen molar-refractivity contribution in [3.05, 3.63) is 35.9 Å². The van der Waals surface area contributed by atoms with Crippen molar-refractivity contribution in [2.45, 2.75) is 39.7 Å². The molecule has 0 unspecified atom stereocenters. The SMILES string of the molecule is CCC(=NC(=O)c1ccccc1)OC(C)(C)C. The fourth-order valence-electron chi connectivity index (χ4n) is 1.29. The molecule has 0 N–H and O–H groups in total. The maximum Gasteiger partial charge on any atom is 0.279 e. The molecule has 0 atom stereocenters. The topological polar surface area (TPSA) is 38.7 Å². The van der Waals surface area contributed by atoms with Crippen LogP contribution in [0.3, 0.4) is 0 Å². The lowest BCUT2D eigenvalue weighted by Gasteiger charge is -2.21. The van der Waals surface area contributed by atoms with E-state index in [1.165, 1.54) is 0 Å². The summed E-state index contributed by atoms with van der Waals surface area (Å²) in [6.45, 7) is 7.73. The smallest absolute Gasteiger partial charge is 0.279 e. The first-order valence-corrected chi connectivity index (χ1v) is 5.78. The molecule has 1 aromatic rings. The second-order valence-electron chi connectivity index (χ2n) is 4.74. The van der Waals surface area contributed by atoms with Crippen molar-refractivity contribution in [1.29, 1.82) is 0 Å². The molecule has 0 radical (unpaired) electrons. The first-order chi connectivity index (χ1) is 7.92. The number of ether oxygens (including phenoxy) is 1. The van der Waals surface area contributed by atoms with Gasteiger partial charge in [-0.1, -0.05) is 25.1 Å². The number of aliphatic imine (C=N–C) groups is 1. The number of amides is 1. The molecule has 0 aliphatic heterocycles. The van der Waals surface area contributed by atoms with Crippen LogP contribution in [0.1, 0.15) is 44.5 Å². The minimum Gasteiger partial charge on any atom is -0.475 e. The Balaban J connectivity index is 2.82. The van der Waals surface area contributed by atoms with Crippen LogP contribution in [0.15, 0.2) is 35.3 Å². The van der Waals surface area contributed by atoms with Gasteiger partial charge >= 0.3 is 0 Å². The van der Waals surface area contributed by atoms with Gasteiger partial charge in [0.15, 0.2) is 5.90 Å². The van der Waals surface area contributed by atoms with Crippen molar-refractivity contribution in [2.24, 2.45) is 4.99 Å². The van der Waals surface area contributed by atoms with Gasteiger partial charge in [0.2, 0.25) is 0 Å². The fraction of sp³-hybridized carbons (Fsp3) is 0.429. The molecule has 3 heteroatoms. The van der Waals surface area contributed by atoms with E-state index in [-0.39, 0.29) is 11.5 Å². The minimum atomic E-state index is -0.328. The van der Waals surface area contributed by atoms with Crippen LogP contribution in [-0.2, 0) is 4.74 Å². The number of rotatable bonds is 2. The number of hydrogen-bond acceptors (Lipinski definition) is 2. The monoisotopic (exact) mass is 233 g/mol. The van der Waals surface area contributed by atoms with Crippen LogP contribution in [0.5, 0.6) is 0 Å². The van der Waals surface area contributed by atoms with Crippen molar-refractivity contribution in [2.75, 3.05) is 0 Å². The van der Waals surface area contributed by atoms with Gasteiger partial charge in [0.05, 0.1) is 0 Å². The van der Waals surface area contributed by atoms with Gasteiger partial charge in [-0.25, -0.2) is 0 Å². The van der Waals surface area contributed by atoms with Crippen LogP contribution >= 0.6 is 0 Å². The lowest BCUT2D eigenvalue weighted by molar-refractivity contribution is 0.0963. The lowest BCUT2D eigenvalue weighted by Crippen LogP contribution is -2.24. The predicted octanol–water partition coefficient (Wildman–Crippen LogP) is 3.45. The molecule has 1 amide bonds. The third-order valence-electron chi connectivity index (χ3n) is 1.97. The van der Waals surface area contributed by atoms with Crippen LogP contribution in [0.25, 0.3) is 0 Å². The van der Waals surface area contributed by atoms with E-state index in [4.69, 9.17) is 4.74 Å². The Morgan fingerprint density at radius 3 is 2.29 bits per heavy atom. The highest BCUT2D eigenvalue weighted by atomic mass is 16.5. The Morgan fingerprint density at radius 2 is 1.82 bits per heavy atom. The molecule has 0 bridgehead atoms. The maximum absolute atomic E-state index is 11.8. The van der Waals surface area contributed by atoms with Gasteiger partial charge in [-0.2, -0.15) is 4.99 Å². The van der Waals surface area contributed by atoms with E-state index in [0.717, 1.165) is 0 Å². The summed E-state index contributed by atoms with van der Waals surface area (Å²) in [4.78, 5) is 15.8. The molecule has 0 aliphatic rings. The van der Waals surface area contributed by atoms with Gasteiger partial charge in [-0.05, 0) is 32.9 Å². The highest BCUT2D eigenvalue weighted by Gasteiger charge is 2.15. The molecule has 0 saturated carbocycles. The van der Waals surface area contributed by atoms with Crippen molar-refractivity contribution in [3.63, 3.8) is 0 Å². The van der Waals surface area contributed by atoms with Crippen LogP contribution in [0, 0.1) is 0 Å². The number of carbonyl (C=O) groups excluding carboxylic acids is 1. The lowest BCUT2D eigenvalue weighted by atomic mass is 10.2. The number of hydrogen-bond donors (Lipinski definition) is 0. The van der Waals surface area contributed by atoms with Crippen LogP contribution in [0.4, 0.5) is 0 Å². The Hall–Kier alpha value is -1.64. The van der Waals surface area contributed by atoms with Gasteiger partial charge in [0, 0.05) is 12.0 Å². The van der Waals surface area contributed by atoms with E-state index in [2.05, 4.69) is 4.99 Å². The first-order valence-electron chi connectivity index (χ1n) is 5.78. The van der Waals surface area contributed by atoms with E-state index in [9.17, 15) is 4.79 Å². The third-order valence-corrected chi connectivity index (χ3v) is 1.97. The van der Waals surface area contributed by atoms with Gasteiger partial charge in [0.1, 0.15) is 5.60 Å². The third kappa shape index (κ3) is 4.81. The number of nitrogens with zero attached hydrogens (tertiary/aromatic N) is 1. The van der Waals surface area contributed by atoms with Gasteiger partial charge in [-0.15, -0.1) is 0 Å². The van der Waals surface area contributed by atoms with Crippen molar-refractivity contribution < 1.29 is 9.53 Å². The first kappa shape index (κ1) is 13.4. The van der Waals surface area contributed by atoms with Crippen LogP contribution < -0.4 is 0 Å². The summed E-state index contributed by atoms with van der Waals surface area (Å²) < 4.78 is 5.61. The molecule has 0 heterocycles. The summed E-state index contributed by atoms with van der Waals surface area (Å²) in [5.74, 6) is 0.220. The zero-order valence-corrected chi connectivity index (χ0v) is 10.9. The molecule has 0 spiro atoms. The second-order valence-corrected chi connectivity index (χ2v) is 4.74. The Morgan fingerprint density at radius 1 is 1.24 bits per heavy atom. The minimum absolute atomic E-state index is 0.258. The average Bonchev–Trinajstić information content (AvgIpc) is 2.27. The Bertz CT molecular complexity index is 402. The fourth-order valence-corrected chi connectivity index (χ4v) is 1.29. The molecule has 1 aromatic carbocycles. The molecule has 0 aliphatic carbocycles. The summed E-state index contributed by atoms with van der Waals surface area (Å²) in [6, 6.07) is 9.00. The van der Waals surface area contributed by atoms with E-state index < -0.39 is 0 Å². The normalized spacial score (nSPS) is 12.4. The van der Waals surface area contributed by atoms with Gasteiger partial charge in [-0.3, -0.25) is 4.79 Å².